The highest BCUT2D eigenvalue weighted by atomic mass is 16.5. The Morgan fingerprint density at radius 1 is 1.24 bits per heavy atom. The molecule has 2 rings (SSSR count). The normalized spacial score (nSPS) is 11.8. The van der Waals surface area contributed by atoms with Crippen molar-refractivity contribution in [2.75, 3.05) is 13.6 Å². The first kappa shape index (κ1) is 18.5. The lowest BCUT2D eigenvalue weighted by atomic mass is 10.1. The Kier molecular flexibility index (Phi) is 6.55. The van der Waals surface area contributed by atoms with Gasteiger partial charge in [-0.1, -0.05) is 24.3 Å². The second kappa shape index (κ2) is 8.86. The van der Waals surface area contributed by atoms with Crippen LogP contribution >= 0.6 is 0 Å². The molecule has 0 heterocycles. The molecular weight excluding hydrogens is 316 g/mol. The number of carboxylic acids is 1. The predicted octanol–water partition coefficient (Wildman–Crippen LogP) is 3.08. The van der Waals surface area contributed by atoms with Gasteiger partial charge in [-0.15, -0.1) is 0 Å². The van der Waals surface area contributed by atoms with E-state index >= 15 is 0 Å². The van der Waals surface area contributed by atoms with E-state index in [0.717, 1.165) is 23.3 Å². The van der Waals surface area contributed by atoms with Crippen LogP contribution in [0.2, 0.25) is 0 Å². The lowest BCUT2D eigenvalue weighted by Crippen LogP contribution is -2.35. The fourth-order valence-electron chi connectivity index (χ4n) is 2.49. The highest BCUT2D eigenvalue weighted by Crippen LogP contribution is 2.16. The van der Waals surface area contributed by atoms with Gasteiger partial charge in [-0.2, -0.15) is 5.26 Å². The van der Waals surface area contributed by atoms with Gasteiger partial charge in [0.2, 0.25) is 0 Å². The van der Waals surface area contributed by atoms with Gasteiger partial charge in [0, 0.05) is 6.04 Å². The maximum absolute atomic E-state index is 10.8. The highest BCUT2D eigenvalue weighted by molar-refractivity contribution is 5.69. The molecule has 5 heteroatoms. The number of aliphatic carboxylic acids is 1. The molecule has 1 unspecified atom stereocenters. The third-order valence-electron chi connectivity index (χ3n) is 4.05. The smallest absolute Gasteiger partial charge is 0.317 e. The third-order valence-corrected chi connectivity index (χ3v) is 4.05. The molecule has 0 aliphatic rings. The molecule has 0 spiro atoms. The molecule has 130 valence electrons. The van der Waals surface area contributed by atoms with Gasteiger partial charge in [0.25, 0.3) is 0 Å². The molecule has 0 fully saturated rings. The summed E-state index contributed by atoms with van der Waals surface area (Å²) in [5, 5.41) is 17.8. The average Bonchev–Trinajstić information content (AvgIpc) is 2.60. The molecule has 0 bridgehead atoms. The van der Waals surface area contributed by atoms with Crippen LogP contribution < -0.4 is 4.74 Å². The van der Waals surface area contributed by atoms with Crippen LogP contribution in [0.15, 0.2) is 48.5 Å². The Bertz CT molecular complexity index is 750. The van der Waals surface area contributed by atoms with Crippen LogP contribution in [-0.2, 0) is 17.8 Å². The van der Waals surface area contributed by atoms with Crippen molar-refractivity contribution in [2.24, 2.45) is 0 Å². The van der Waals surface area contributed by atoms with Crippen molar-refractivity contribution in [3.05, 3.63) is 65.2 Å². The minimum absolute atomic E-state index is 0.0319. The zero-order valence-corrected chi connectivity index (χ0v) is 14.5. The van der Waals surface area contributed by atoms with E-state index in [1.165, 1.54) is 0 Å². The molecule has 0 saturated heterocycles. The first-order valence-electron chi connectivity index (χ1n) is 8.10. The number of ether oxygens (including phenoxy) is 1. The molecule has 0 aliphatic heterocycles. The zero-order valence-electron chi connectivity index (χ0n) is 14.5. The van der Waals surface area contributed by atoms with Crippen LogP contribution in [0.3, 0.4) is 0 Å². The van der Waals surface area contributed by atoms with Crippen molar-refractivity contribution in [2.45, 2.75) is 26.0 Å². The molecular formula is C20H22N2O3. The monoisotopic (exact) mass is 338 g/mol. The first-order valence-corrected chi connectivity index (χ1v) is 8.10. The van der Waals surface area contributed by atoms with Gasteiger partial charge in [-0.25, -0.2) is 0 Å². The summed E-state index contributed by atoms with van der Waals surface area (Å²) in [6.07, 6.45) is 0.772. The number of hydrogen-bond acceptors (Lipinski definition) is 4. The van der Waals surface area contributed by atoms with Crippen LogP contribution in [0.5, 0.6) is 5.75 Å². The predicted molar refractivity (Wildman–Crippen MR) is 95.4 cm³/mol. The van der Waals surface area contributed by atoms with E-state index < -0.39 is 5.97 Å². The van der Waals surface area contributed by atoms with Crippen molar-refractivity contribution >= 4 is 5.97 Å². The van der Waals surface area contributed by atoms with E-state index in [1.54, 1.807) is 6.07 Å². The fourth-order valence-corrected chi connectivity index (χ4v) is 2.49. The van der Waals surface area contributed by atoms with E-state index in [2.05, 4.69) is 6.07 Å². The summed E-state index contributed by atoms with van der Waals surface area (Å²) in [6.45, 7) is 2.45. The maximum Gasteiger partial charge on any atom is 0.317 e. The molecule has 0 amide bonds. The van der Waals surface area contributed by atoms with Crippen LogP contribution in [0, 0.1) is 11.3 Å². The van der Waals surface area contributed by atoms with E-state index in [1.807, 2.05) is 61.3 Å². The van der Waals surface area contributed by atoms with Crippen molar-refractivity contribution in [1.29, 1.82) is 5.26 Å². The fraction of sp³-hybridized carbons (Fsp3) is 0.300. The molecule has 0 aliphatic carbocycles. The molecule has 2 aromatic carbocycles. The van der Waals surface area contributed by atoms with Gasteiger partial charge >= 0.3 is 5.97 Å². The minimum Gasteiger partial charge on any atom is -0.489 e. The SMILES string of the molecule is CC(Cc1ccc(OCc2cccc(C#N)c2)cc1)N(C)CC(=O)O. The second-order valence-electron chi connectivity index (χ2n) is 6.11. The van der Waals surface area contributed by atoms with Crippen LogP contribution in [0.1, 0.15) is 23.6 Å². The Morgan fingerprint density at radius 3 is 2.60 bits per heavy atom. The van der Waals surface area contributed by atoms with Crippen molar-refractivity contribution < 1.29 is 14.6 Å². The summed E-state index contributed by atoms with van der Waals surface area (Å²) in [4.78, 5) is 12.6. The van der Waals surface area contributed by atoms with E-state index in [0.29, 0.717) is 12.2 Å². The third kappa shape index (κ3) is 5.94. The Morgan fingerprint density at radius 2 is 1.96 bits per heavy atom. The molecule has 1 atom stereocenters. The number of hydrogen-bond donors (Lipinski definition) is 1. The van der Waals surface area contributed by atoms with Gasteiger partial charge < -0.3 is 9.84 Å². The van der Waals surface area contributed by atoms with Crippen molar-refractivity contribution in [1.82, 2.24) is 4.90 Å². The maximum atomic E-state index is 10.8. The van der Waals surface area contributed by atoms with Gasteiger partial charge in [0.15, 0.2) is 0 Å². The summed E-state index contributed by atoms with van der Waals surface area (Å²) < 4.78 is 5.75. The van der Waals surface area contributed by atoms with Crippen molar-refractivity contribution in [3.63, 3.8) is 0 Å². The molecule has 0 aromatic heterocycles. The van der Waals surface area contributed by atoms with Crippen molar-refractivity contribution in [3.8, 4) is 11.8 Å². The number of carbonyl (C=O) groups is 1. The largest absolute Gasteiger partial charge is 0.489 e. The standard InChI is InChI=1S/C20H22N2O3/c1-15(22(2)13-20(23)24)10-16-6-8-19(9-7-16)25-14-18-5-3-4-17(11-18)12-21/h3-9,11,15H,10,13-14H2,1-2H3,(H,23,24). The Hall–Kier alpha value is -2.84. The summed E-state index contributed by atoms with van der Waals surface area (Å²) in [7, 11) is 1.81. The minimum atomic E-state index is -0.821. The molecule has 25 heavy (non-hydrogen) atoms. The number of nitrogens with zero attached hydrogens (tertiary/aromatic N) is 2. The summed E-state index contributed by atoms with van der Waals surface area (Å²) >= 11 is 0. The summed E-state index contributed by atoms with van der Waals surface area (Å²) in [5.74, 6) is -0.0591. The quantitative estimate of drug-likeness (QED) is 0.801. The number of rotatable bonds is 8. The number of likely N-dealkylation sites (N-methyl/N-ethyl adjacent to an activating group) is 1. The van der Waals surface area contributed by atoms with Gasteiger partial charge in [-0.3, -0.25) is 9.69 Å². The second-order valence-corrected chi connectivity index (χ2v) is 6.11. The van der Waals surface area contributed by atoms with E-state index in [9.17, 15) is 4.79 Å². The van der Waals surface area contributed by atoms with Gasteiger partial charge in [0.05, 0.1) is 18.2 Å². The molecule has 0 saturated carbocycles. The van der Waals surface area contributed by atoms with E-state index in [-0.39, 0.29) is 12.6 Å². The molecule has 2 aromatic rings. The molecule has 5 nitrogen and oxygen atoms in total. The van der Waals surface area contributed by atoms with Crippen LogP contribution in [0.4, 0.5) is 0 Å². The van der Waals surface area contributed by atoms with Gasteiger partial charge in [-0.05, 0) is 55.8 Å². The van der Waals surface area contributed by atoms with E-state index in [4.69, 9.17) is 15.1 Å². The van der Waals surface area contributed by atoms with Crippen LogP contribution in [-0.4, -0.2) is 35.6 Å². The summed E-state index contributed by atoms with van der Waals surface area (Å²) in [5.41, 5.74) is 2.70. The Balaban J connectivity index is 1.89. The summed E-state index contributed by atoms with van der Waals surface area (Å²) in [6, 6.07) is 17.4. The number of nitriles is 1. The number of carboxylic acid groups (broad SMARTS) is 1. The molecule has 0 radical (unpaired) electrons. The number of benzene rings is 2. The average molecular weight is 338 g/mol. The molecule has 1 N–H and O–H groups in total. The topological polar surface area (TPSA) is 73.6 Å². The van der Waals surface area contributed by atoms with Crippen LogP contribution in [0.25, 0.3) is 0 Å². The zero-order chi connectivity index (χ0) is 18.2. The lowest BCUT2D eigenvalue weighted by molar-refractivity contribution is -0.138. The van der Waals surface area contributed by atoms with Gasteiger partial charge in [0.1, 0.15) is 12.4 Å². The highest BCUT2D eigenvalue weighted by Gasteiger charge is 2.12. The lowest BCUT2D eigenvalue weighted by Gasteiger charge is -2.22. The first-order chi connectivity index (χ1) is 12.0. The Labute approximate surface area is 148 Å².